The van der Waals surface area contributed by atoms with Crippen LogP contribution in [0.2, 0.25) is 0 Å². The van der Waals surface area contributed by atoms with Gasteiger partial charge in [0.05, 0.1) is 34.2 Å². The molecule has 0 bridgehead atoms. The Morgan fingerprint density at radius 3 is 2.73 bits per heavy atom. The van der Waals surface area contributed by atoms with E-state index in [-0.39, 0.29) is 17.4 Å². The zero-order chi connectivity index (χ0) is 15.9. The van der Waals surface area contributed by atoms with Crippen molar-refractivity contribution in [2.45, 2.75) is 12.7 Å². The average Bonchev–Trinajstić information content (AvgIpc) is 2.95. The molecule has 0 amide bonds. The summed E-state index contributed by atoms with van der Waals surface area (Å²) in [6.07, 6.45) is -4.55. The van der Waals surface area contributed by atoms with Crippen molar-refractivity contribution < 1.29 is 18.3 Å². The summed E-state index contributed by atoms with van der Waals surface area (Å²) in [6, 6.07) is 2.75. The second kappa shape index (κ2) is 5.09. The average molecular weight is 327 g/mol. The molecule has 0 radical (unpaired) electrons. The maximum atomic E-state index is 12.8. The number of thiazole rings is 1. The molecule has 0 saturated heterocycles. The summed E-state index contributed by atoms with van der Waals surface area (Å²) in [5.74, 6) is -0.594. The van der Waals surface area contributed by atoms with Crippen LogP contribution in [0.15, 0.2) is 33.9 Å². The summed E-state index contributed by atoms with van der Waals surface area (Å²) in [5.41, 5.74) is 0.297. The van der Waals surface area contributed by atoms with Crippen molar-refractivity contribution in [2.75, 3.05) is 0 Å². The number of aromatic nitrogens is 3. The Labute approximate surface area is 125 Å². The van der Waals surface area contributed by atoms with Crippen LogP contribution in [-0.4, -0.2) is 19.6 Å². The minimum Gasteiger partial charge on any atom is -0.493 e. The monoisotopic (exact) mass is 327 g/mol. The van der Waals surface area contributed by atoms with Crippen LogP contribution in [-0.2, 0) is 12.7 Å². The van der Waals surface area contributed by atoms with Crippen LogP contribution < -0.4 is 5.69 Å². The van der Waals surface area contributed by atoms with Gasteiger partial charge in [-0.2, -0.15) is 18.2 Å². The molecule has 0 unspecified atom stereocenters. The van der Waals surface area contributed by atoms with Gasteiger partial charge in [0.2, 0.25) is 5.88 Å². The second-order valence-electron chi connectivity index (χ2n) is 4.51. The number of halogens is 3. The fourth-order valence-corrected chi connectivity index (χ4v) is 2.61. The van der Waals surface area contributed by atoms with Gasteiger partial charge in [-0.3, -0.25) is 4.57 Å². The van der Waals surface area contributed by atoms with Crippen LogP contribution in [0, 0.1) is 0 Å². The van der Waals surface area contributed by atoms with Gasteiger partial charge in [-0.25, -0.2) is 9.78 Å². The number of rotatable bonds is 2. The molecule has 114 valence electrons. The summed E-state index contributed by atoms with van der Waals surface area (Å²) in [4.78, 5) is 19.4. The van der Waals surface area contributed by atoms with E-state index in [9.17, 15) is 23.1 Å². The Bertz CT molecular complexity index is 888. The number of nitrogens with zero attached hydrogens (tertiary/aromatic N) is 3. The van der Waals surface area contributed by atoms with Crippen molar-refractivity contribution in [1.82, 2.24) is 14.5 Å². The predicted molar refractivity (Wildman–Crippen MR) is 73.9 cm³/mol. The Kier molecular flexibility index (Phi) is 3.36. The van der Waals surface area contributed by atoms with Crippen LogP contribution >= 0.6 is 11.3 Å². The van der Waals surface area contributed by atoms with Gasteiger partial charge in [-0.1, -0.05) is 0 Å². The number of hydrogen-bond donors (Lipinski definition) is 1. The molecule has 0 aliphatic rings. The summed E-state index contributed by atoms with van der Waals surface area (Å²) in [7, 11) is 0. The molecule has 0 spiro atoms. The Balaban J connectivity index is 2.27. The SMILES string of the molecule is O=c1nc(O)c2ccc(C(F)(F)F)cc2n1Cc1cscn1. The lowest BCUT2D eigenvalue weighted by Gasteiger charge is -2.12. The molecular weight excluding hydrogens is 319 g/mol. The van der Waals surface area contributed by atoms with Crippen molar-refractivity contribution in [2.24, 2.45) is 0 Å². The van der Waals surface area contributed by atoms with E-state index in [0.717, 1.165) is 22.8 Å². The number of fused-ring (bicyclic) bond motifs is 1. The van der Waals surface area contributed by atoms with Crippen molar-refractivity contribution >= 4 is 22.2 Å². The van der Waals surface area contributed by atoms with Crippen LogP contribution in [0.1, 0.15) is 11.3 Å². The molecule has 0 aliphatic heterocycles. The van der Waals surface area contributed by atoms with Crippen LogP contribution in [0.25, 0.3) is 10.9 Å². The Morgan fingerprint density at radius 2 is 2.09 bits per heavy atom. The van der Waals surface area contributed by atoms with E-state index in [0.29, 0.717) is 5.69 Å². The van der Waals surface area contributed by atoms with E-state index in [1.54, 1.807) is 10.9 Å². The highest BCUT2D eigenvalue weighted by Crippen LogP contribution is 2.32. The van der Waals surface area contributed by atoms with Crippen molar-refractivity contribution in [3.8, 4) is 5.88 Å². The van der Waals surface area contributed by atoms with Gasteiger partial charge in [0, 0.05) is 5.38 Å². The molecule has 3 aromatic rings. The molecule has 5 nitrogen and oxygen atoms in total. The normalized spacial score (nSPS) is 12.0. The highest BCUT2D eigenvalue weighted by atomic mass is 32.1. The molecule has 1 N–H and O–H groups in total. The molecular formula is C13H8F3N3O2S. The lowest BCUT2D eigenvalue weighted by atomic mass is 10.1. The quantitative estimate of drug-likeness (QED) is 0.786. The smallest absolute Gasteiger partial charge is 0.416 e. The van der Waals surface area contributed by atoms with E-state index in [4.69, 9.17) is 0 Å². The van der Waals surface area contributed by atoms with Crippen LogP contribution in [0.4, 0.5) is 13.2 Å². The van der Waals surface area contributed by atoms with Gasteiger partial charge in [0.1, 0.15) is 0 Å². The van der Waals surface area contributed by atoms with Gasteiger partial charge < -0.3 is 5.11 Å². The molecule has 9 heteroatoms. The first-order chi connectivity index (χ1) is 10.4. The topological polar surface area (TPSA) is 68.0 Å². The third-order valence-corrected chi connectivity index (χ3v) is 3.73. The fraction of sp³-hybridized carbons (Fsp3) is 0.154. The number of alkyl halides is 3. The number of benzene rings is 1. The largest absolute Gasteiger partial charge is 0.493 e. The Hall–Kier alpha value is -2.42. The highest BCUT2D eigenvalue weighted by Gasteiger charge is 2.31. The first kappa shape index (κ1) is 14.5. The molecule has 0 saturated carbocycles. The maximum Gasteiger partial charge on any atom is 0.416 e. The van der Waals surface area contributed by atoms with E-state index >= 15 is 0 Å². The first-order valence-corrected chi connectivity index (χ1v) is 6.98. The predicted octanol–water partition coefficient (Wildman–Crippen LogP) is 2.63. The third-order valence-electron chi connectivity index (χ3n) is 3.09. The molecule has 22 heavy (non-hydrogen) atoms. The number of hydrogen-bond acceptors (Lipinski definition) is 5. The van der Waals surface area contributed by atoms with Gasteiger partial charge in [0.25, 0.3) is 0 Å². The van der Waals surface area contributed by atoms with Gasteiger partial charge in [-0.05, 0) is 18.2 Å². The van der Waals surface area contributed by atoms with Crippen molar-refractivity contribution in [1.29, 1.82) is 0 Å². The van der Waals surface area contributed by atoms with Gasteiger partial charge in [0.15, 0.2) is 0 Å². The number of aromatic hydroxyl groups is 1. The van der Waals surface area contributed by atoms with Crippen LogP contribution in [0.5, 0.6) is 5.88 Å². The molecule has 0 fully saturated rings. The summed E-state index contributed by atoms with van der Waals surface area (Å²) < 4.78 is 39.6. The summed E-state index contributed by atoms with van der Waals surface area (Å²) in [5, 5.41) is 11.4. The van der Waals surface area contributed by atoms with E-state index in [1.807, 2.05) is 0 Å². The van der Waals surface area contributed by atoms with E-state index in [2.05, 4.69) is 9.97 Å². The zero-order valence-corrected chi connectivity index (χ0v) is 11.6. The lowest BCUT2D eigenvalue weighted by molar-refractivity contribution is -0.137. The zero-order valence-electron chi connectivity index (χ0n) is 10.8. The second-order valence-corrected chi connectivity index (χ2v) is 5.23. The molecule has 1 aromatic carbocycles. The summed E-state index contributed by atoms with van der Waals surface area (Å²) in [6.45, 7) is -0.0204. The van der Waals surface area contributed by atoms with Crippen LogP contribution in [0.3, 0.4) is 0 Å². The molecule has 0 atom stereocenters. The van der Waals surface area contributed by atoms with E-state index < -0.39 is 23.3 Å². The molecule has 0 aliphatic carbocycles. The first-order valence-electron chi connectivity index (χ1n) is 6.04. The molecule has 3 rings (SSSR count). The summed E-state index contributed by atoms with van der Waals surface area (Å²) >= 11 is 1.30. The lowest BCUT2D eigenvalue weighted by Crippen LogP contribution is -2.24. The standard InChI is InChI=1S/C13H8F3N3O2S/c14-13(15,16)7-1-2-9-10(3-7)19(12(21)18-11(9)20)4-8-5-22-6-17-8/h1-3,5-6H,4H2,(H,18,20,21). The minimum atomic E-state index is -4.55. The Morgan fingerprint density at radius 1 is 1.32 bits per heavy atom. The third kappa shape index (κ3) is 2.54. The maximum absolute atomic E-state index is 12.8. The molecule has 2 heterocycles. The van der Waals surface area contributed by atoms with E-state index in [1.165, 1.54) is 11.3 Å². The van der Waals surface area contributed by atoms with Gasteiger partial charge in [-0.15, -0.1) is 11.3 Å². The van der Waals surface area contributed by atoms with Gasteiger partial charge >= 0.3 is 11.9 Å². The fourth-order valence-electron chi connectivity index (χ4n) is 2.07. The highest BCUT2D eigenvalue weighted by molar-refractivity contribution is 7.07. The molecule has 2 aromatic heterocycles. The minimum absolute atomic E-state index is 0.0204. The van der Waals surface area contributed by atoms with Crippen molar-refractivity contribution in [3.63, 3.8) is 0 Å². The van der Waals surface area contributed by atoms with Crippen molar-refractivity contribution in [3.05, 3.63) is 50.8 Å².